The third-order valence-electron chi connectivity index (χ3n) is 3.54. The van der Waals surface area contributed by atoms with Crippen LogP contribution in [-0.2, 0) is 13.0 Å². The Morgan fingerprint density at radius 3 is 2.50 bits per heavy atom. The van der Waals surface area contributed by atoms with Crippen LogP contribution in [0.2, 0.25) is 0 Å². The molecule has 0 saturated heterocycles. The predicted octanol–water partition coefficient (Wildman–Crippen LogP) is 4.27. The number of rotatable bonds is 6. The Labute approximate surface area is 142 Å². The van der Waals surface area contributed by atoms with Gasteiger partial charge in [0, 0.05) is 19.5 Å². The highest BCUT2D eigenvalue weighted by Gasteiger charge is 2.10. The van der Waals surface area contributed by atoms with E-state index in [0.717, 1.165) is 16.9 Å². The lowest BCUT2D eigenvalue weighted by Gasteiger charge is -2.03. The van der Waals surface area contributed by atoms with E-state index in [0.29, 0.717) is 30.5 Å². The van der Waals surface area contributed by atoms with Crippen molar-refractivity contribution < 1.29 is 13.9 Å². The molecule has 4 heteroatoms. The van der Waals surface area contributed by atoms with Crippen LogP contribution in [0.4, 0.5) is 4.39 Å². The first-order valence-electron chi connectivity index (χ1n) is 8.32. The van der Waals surface area contributed by atoms with Gasteiger partial charge in [0.15, 0.2) is 0 Å². The monoisotopic (exact) mass is 329 g/mol. The van der Waals surface area contributed by atoms with E-state index in [4.69, 9.17) is 9.52 Å². The van der Waals surface area contributed by atoms with Crippen molar-refractivity contribution >= 4 is 11.0 Å². The molecular formula is C20H24FNO2. The molecule has 0 saturated carbocycles. The minimum Gasteiger partial charge on any atom is -0.461 e. The molecule has 0 bridgehead atoms. The molecule has 2 aromatic carbocycles. The molecule has 0 amide bonds. The molecule has 0 aliphatic heterocycles. The molecule has 3 aromatic rings. The van der Waals surface area contributed by atoms with E-state index in [-0.39, 0.29) is 12.4 Å². The van der Waals surface area contributed by atoms with E-state index in [9.17, 15) is 4.39 Å². The van der Waals surface area contributed by atoms with Gasteiger partial charge in [0.25, 0.3) is 0 Å². The van der Waals surface area contributed by atoms with E-state index in [1.54, 1.807) is 6.07 Å². The average molecular weight is 329 g/mol. The summed E-state index contributed by atoms with van der Waals surface area (Å²) in [6, 6.07) is 15.1. The van der Waals surface area contributed by atoms with Gasteiger partial charge >= 0.3 is 0 Å². The molecule has 24 heavy (non-hydrogen) atoms. The SMILES string of the molecule is CC.OCCNCc1cc(F)c2cc(Cc3ccccc3)oc2c1. The molecule has 0 aliphatic rings. The van der Waals surface area contributed by atoms with Crippen LogP contribution < -0.4 is 5.32 Å². The van der Waals surface area contributed by atoms with Crippen molar-refractivity contribution in [1.82, 2.24) is 5.32 Å². The van der Waals surface area contributed by atoms with Crippen LogP contribution >= 0.6 is 0 Å². The summed E-state index contributed by atoms with van der Waals surface area (Å²) in [5, 5.41) is 12.3. The summed E-state index contributed by atoms with van der Waals surface area (Å²) in [6.45, 7) is 5.05. The first-order valence-corrected chi connectivity index (χ1v) is 8.32. The fourth-order valence-electron chi connectivity index (χ4n) is 2.50. The molecule has 2 N–H and O–H groups in total. The van der Waals surface area contributed by atoms with Gasteiger partial charge < -0.3 is 14.8 Å². The summed E-state index contributed by atoms with van der Waals surface area (Å²) >= 11 is 0. The number of nitrogens with one attached hydrogen (secondary N) is 1. The Bertz CT molecular complexity index is 753. The zero-order chi connectivity index (χ0) is 17.4. The lowest BCUT2D eigenvalue weighted by molar-refractivity contribution is 0.292. The van der Waals surface area contributed by atoms with Crippen molar-refractivity contribution in [2.45, 2.75) is 26.8 Å². The number of furan rings is 1. The minimum atomic E-state index is -0.277. The fourth-order valence-corrected chi connectivity index (χ4v) is 2.50. The molecule has 0 spiro atoms. The lowest BCUT2D eigenvalue weighted by atomic mass is 10.1. The predicted molar refractivity (Wildman–Crippen MR) is 95.6 cm³/mol. The normalized spacial score (nSPS) is 10.5. The third kappa shape index (κ3) is 4.66. The van der Waals surface area contributed by atoms with Crippen molar-refractivity contribution in [3.05, 3.63) is 71.2 Å². The molecule has 128 valence electrons. The van der Waals surface area contributed by atoms with Gasteiger partial charge in [-0.05, 0) is 29.3 Å². The van der Waals surface area contributed by atoms with Gasteiger partial charge in [-0.25, -0.2) is 4.39 Å². The molecule has 1 heterocycles. The Kier molecular flexibility index (Phi) is 6.97. The number of aliphatic hydroxyl groups is 1. The molecule has 0 aliphatic carbocycles. The number of aliphatic hydroxyl groups excluding tert-OH is 1. The van der Waals surface area contributed by atoms with Gasteiger partial charge in [0.1, 0.15) is 17.2 Å². The highest BCUT2D eigenvalue weighted by atomic mass is 19.1. The maximum Gasteiger partial charge on any atom is 0.137 e. The molecule has 0 fully saturated rings. The smallest absolute Gasteiger partial charge is 0.137 e. The van der Waals surface area contributed by atoms with Crippen molar-refractivity contribution in [2.24, 2.45) is 0 Å². The number of hydrogen-bond acceptors (Lipinski definition) is 3. The van der Waals surface area contributed by atoms with Crippen LogP contribution in [0, 0.1) is 5.82 Å². The van der Waals surface area contributed by atoms with Crippen LogP contribution in [-0.4, -0.2) is 18.3 Å². The van der Waals surface area contributed by atoms with Gasteiger partial charge in [-0.2, -0.15) is 0 Å². The van der Waals surface area contributed by atoms with Crippen molar-refractivity contribution in [3.8, 4) is 0 Å². The lowest BCUT2D eigenvalue weighted by Crippen LogP contribution is -2.17. The average Bonchev–Trinajstić information content (AvgIpc) is 3.01. The van der Waals surface area contributed by atoms with E-state index in [1.807, 2.05) is 50.2 Å². The van der Waals surface area contributed by atoms with E-state index < -0.39 is 0 Å². The summed E-state index contributed by atoms with van der Waals surface area (Å²) in [6.07, 6.45) is 0.646. The minimum absolute atomic E-state index is 0.0622. The van der Waals surface area contributed by atoms with Crippen molar-refractivity contribution in [2.75, 3.05) is 13.2 Å². The Morgan fingerprint density at radius 2 is 1.79 bits per heavy atom. The first-order chi connectivity index (χ1) is 11.8. The standard InChI is InChI=1S/C18H18FNO2.C2H6/c19-17-9-14(12-20-6-7-21)10-18-16(17)11-15(22-18)8-13-4-2-1-3-5-13;1-2/h1-5,9-11,20-21H,6-8,12H2;1-2H3. The van der Waals surface area contributed by atoms with Crippen LogP contribution in [0.15, 0.2) is 52.9 Å². The maximum atomic E-state index is 14.2. The molecule has 0 unspecified atom stereocenters. The van der Waals surface area contributed by atoms with Crippen LogP contribution in [0.25, 0.3) is 11.0 Å². The van der Waals surface area contributed by atoms with Crippen LogP contribution in [0.3, 0.4) is 0 Å². The Morgan fingerprint density at radius 1 is 1.04 bits per heavy atom. The second-order valence-corrected chi connectivity index (χ2v) is 5.26. The van der Waals surface area contributed by atoms with Crippen molar-refractivity contribution in [1.29, 1.82) is 0 Å². The van der Waals surface area contributed by atoms with E-state index in [1.165, 1.54) is 6.07 Å². The van der Waals surface area contributed by atoms with Gasteiger partial charge in [-0.3, -0.25) is 0 Å². The molecule has 1 aromatic heterocycles. The number of fused-ring (bicyclic) bond motifs is 1. The largest absolute Gasteiger partial charge is 0.461 e. The summed E-state index contributed by atoms with van der Waals surface area (Å²) in [7, 11) is 0. The maximum absolute atomic E-state index is 14.2. The van der Waals surface area contributed by atoms with Gasteiger partial charge in [-0.15, -0.1) is 0 Å². The zero-order valence-electron chi connectivity index (χ0n) is 14.2. The zero-order valence-corrected chi connectivity index (χ0v) is 14.2. The van der Waals surface area contributed by atoms with Gasteiger partial charge in [0.2, 0.25) is 0 Å². The topological polar surface area (TPSA) is 45.4 Å². The van der Waals surface area contributed by atoms with Gasteiger partial charge in [0.05, 0.1) is 12.0 Å². The molecule has 0 radical (unpaired) electrons. The number of hydrogen-bond donors (Lipinski definition) is 2. The van der Waals surface area contributed by atoms with Crippen molar-refractivity contribution in [3.63, 3.8) is 0 Å². The molecule has 3 rings (SSSR count). The second kappa shape index (κ2) is 9.21. The second-order valence-electron chi connectivity index (χ2n) is 5.26. The van der Waals surface area contributed by atoms with E-state index in [2.05, 4.69) is 5.32 Å². The summed E-state index contributed by atoms with van der Waals surface area (Å²) in [5.41, 5.74) is 2.50. The van der Waals surface area contributed by atoms with Crippen LogP contribution in [0.5, 0.6) is 0 Å². The molecule has 0 atom stereocenters. The number of halogens is 1. The molecular weight excluding hydrogens is 305 g/mol. The quantitative estimate of drug-likeness (QED) is 0.664. The Hall–Kier alpha value is -2.17. The first kappa shape index (κ1) is 18.2. The van der Waals surface area contributed by atoms with Crippen LogP contribution in [0.1, 0.15) is 30.7 Å². The van der Waals surface area contributed by atoms with E-state index >= 15 is 0 Å². The van der Waals surface area contributed by atoms with Gasteiger partial charge in [-0.1, -0.05) is 44.2 Å². The Balaban J connectivity index is 0.00000100. The summed E-state index contributed by atoms with van der Waals surface area (Å²) in [4.78, 5) is 0. The fraction of sp³-hybridized carbons (Fsp3) is 0.300. The number of benzene rings is 2. The summed E-state index contributed by atoms with van der Waals surface area (Å²) < 4.78 is 20.0. The molecule has 3 nitrogen and oxygen atoms in total. The highest BCUT2D eigenvalue weighted by Crippen LogP contribution is 2.25. The summed E-state index contributed by atoms with van der Waals surface area (Å²) in [5.74, 6) is 0.474. The highest BCUT2D eigenvalue weighted by molar-refractivity contribution is 5.79. The third-order valence-corrected chi connectivity index (χ3v) is 3.54.